The molecule has 1 aromatic rings. The lowest BCUT2D eigenvalue weighted by Gasteiger charge is -1.77. The van der Waals surface area contributed by atoms with Crippen molar-refractivity contribution in [2.24, 2.45) is 16.5 Å². The molecule has 0 aliphatic heterocycles. The summed E-state index contributed by atoms with van der Waals surface area (Å²) in [6, 6.07) is 12.0. The minimum Gasteiger partial charge on any atom is -0.370 e. The number of hydrogen-bond donors (Lipinski definition) is 2. The molecule has 0 bridgehead atoms. The summed E-state index contributed by atoms with van der Waals surface area (Å²) in [5.41, 5.74) is 9.64. The van der Waals surface area contributed by atoms with Crippen molar-refractivity contribution >= 4 is 5.96 Å². The number of nitrogens with two attached hydrogens (primary N) is 2. The molecule has 0 saturated carbocycles. The zero-order valence-electron chi connectivity index (χ0n) is 8.57. The Morgan fingerprint density at radius 3 is 1.08 bits per heavy atom. The van der Waals surface area contributed by atoms with Crippen LogP contribution in [0.2, 0.25) is 0 Å². The van der Waals surface area contributed by atoms with E-state index in [9.17, 15) is 0 Å². The topological polar surface area (TPSA) is 64.4 Å². The van der Waals surface area contributed by atoms with E-state index in [0.29, 0.717) is 0 Å². The highest BCUT2D eigenvalue weighted by Gasteiger charge is 1.61. The molecule has 0 fully saturated rings. The van der Waals surface area contributed by atoms with Crippen molar-refractivity contribution in [2.75, 3.05) is 7.05 Å². The van der Waals surface area contributed by atoms with Gasteiger partial charge in [0.15, 0.2) is 5.96 Å². The molecule has 4 N–H and O–H groups in total. The van der Waals surface area contributed by atoms with E-state index in [2.05, 4.69) is 4.99 Å². The molecule has 0 aliphatic carbocycles. The molecule has 1 aromatic carbocycles. The zero-order chi connectivity index (χ0) is 10.5. The Labute approximate surface area is 80.5 Å². The highest BCUT2D eigenvalue weighted by atomic mass is 15.0. The summed E-state index contributed by atoms with van der Waals surface area (Å²) in [6.45, 7) is 4.00. The second-order valence-corrected chi connectivity index (χ2v) is 1.80. The lowest BCUT2D eigenvalue weighted by molar-refractivity contribution is 1.36. The summed E-state index contributed by atoms with van der Waals surface area (Å²) in [4.78, 5) is 3.36. The van der Waals surface area contributed by atoms with Gasteiger partial charge in [0.2, 0.25) is 0 Å². The van der Waals surface area contributed by atoms with Crippen molar-refractivity contribution in [3.8, 4) is 0 Å². The second kappa shape index (κ2) is 13.1. The predicted octanol–water partition coefficient (Wildman–Crippen LogP) is 1.60. The van der Waals surface area contributed by atoms with Crippen molar-refractivity contribution in [1.29, 1.82) is 0 Å². The van der Waals surface area contributed by atoms with E-state index >= 15 is 0 Å². The second-order valence-electron chi connectivity index (χ2n) is 1.80. The van der Waals surface area contributed by atoms with Crippen LogP contribution in [0.25, 0.3) is 0 Å². The molecule has 0 amide bonds. The summed E-state index contributed by atoms with van der Waals surface area (Å²) in [5, 5.41) is 0. The number of nitrogens with zero attached hydrogens (tertiary/aromatic N) is 1. The van der Waals surface area contributed by atoms with Crippen molar-refractivity contribution in [2.45, 2.75) is 13.8 Å². The molecule has 3 heteroatoms. The lowest BCUT2D eigenvalue weighted by Crippen LogP contribution is -2.21. The van der Waals surface area contributed by atoms with Gasteiger partial charge in [-0.3, -0.25) is 4.99 Å². The Hall–Kier alpha value is -1.51. The molecule has 3 nitrogen and oxygen atoms in total. The fourth-order valence-corrected chi connectivity index (χ4v) is 0.385. The number of aliphatic imine (C=N–C) groups is 1. The summed E-state index contributed by atoms with van der Waals surface area (Å²) >= 11 is 0. The van der Waals surface area contributed by atoms with E-state index < -0.39 is 0 Å². The van der Waals surface area contributed by atoms with Crippen LogP contribution in [0, 0.1) is 0 Å². The average molecular weight is 181 g/mol. The van der Waals surface area contributed by atoms with Gasteiger partial charge in [0.1, 0.15) is 0 Å². The lowest BCUT2D eigenvalue weighted by atomic mass is 10.4. The average Bonchev–Trinajstić information content (AvgIpc) is 2.24. The number of guanidine groups is 1. The van der Waals surface area contributed by atoms with Gasteiger partial charge in [-0.2, -0.15) is 0 Å². The predicted molar refractivity (Wildman–Crippen MR) is 59.5 cm³/mol. The van der Waals surface area contributed by atoms with Crippen LogP contribution in [0.5, 0.6) is 0 Å². The van der Waals surface area contributed by atoms with Gasteiger partial charge in [-0.15, -0.1) is 0 Å². The third-order valence-corrected chi connectivity index (χ3v) is 0.925. The maximum Gasteiger partial charge on any atom is 0.185 e. The van der Waals surface area contributed by atoms with Crippen LogP contribution < -0.4 is 11.5 Å². The molecule has 0 radical (unpaired) electrons. The van der Waals surface area contributed by atoms with Crippen LogP contribution >= 0.6 is 0 Å². The van der Waals surface area contributed by atoms with E-state index in [1.807, 2.05) is 50.2 Å². The van der Waals surface area contributed by atoms with Crippen molar-refractivity contribution in [1.82, 2.24) is 0 Å². The van der Waals surface area contributed by atoms with Crippen LogP contribution in [-0.2, 0) is 0 Å². The summed E-state index contributed by atoms with van der Waals surface area (Å²) < 4.78 is 0. The van der Waals surface area contributed by atoms with E-state index in [0.717, 1.165) is 0 Å². The molecule has 0 aromatic heterocycles. The number of rotatable bonds is 0. The maximum atomic E-state index is 4.82. The van der Waals surface area contributed by atoms with Gasteiger partial charge < -0.3 is 11.5 Å². The van der Waals surface area contributed by atoms with Gasteiger partial charge in [0.05, 0.1) is 0 Å². The fourth-order valence-electron chi connectivity index (χ4n) is 0.385. The van der Waals surface area contributed by atoms with Crippen LogP contribution in [0.3, 0.4) is 0 Å². The van der Waals surface area contributed by atoms with Crippen LogP contribution in [0.1, 0.15) is 13.8 Å². The highest BCUT2D eigenvalue weighted by molar-refractivity contribution is 5.75. The molecule has 0 atom stereocenters. The minimum absolute atomic E-state index is 0.130. The van der Waals surface area contributed by atoms with Gasteiger partial charge in [-0.05, 0) is 0 Å². The Kier molecular flexibility index (Phi) is 14.2. The SMILES string of the molecule is CC.CN=C(N)N.c1ccccc1. The molecule has 0 aliphatic rings. The first kappa shape index (κ1) is 14.0. The van der Waals surface area contributed by atoms with Crippen molar-refractivity contribution in [3.05, 3.63) is 36.4 Å². The molecule has 1 rings (SSSR count). The first-order valence-electron chi connectivity index (χ1n) is 4.25. The molecule has 0 heterocycles. The van der Waals surface area contributed by atoms with E-state index in [1.54, 1.807) is 0 Å². The fraction of sp³-hybridized carbons (Fsp3) is 0.300. The quantitative estimate of drug-likeness (QED) is 0.471. The summed E-state index contributed by atoms with van der Waals surface area (Å²) in [6.07, 6.45) is 0. The van der Waals surface area contributed by atoms with Crippen molar-refractivity contribution < 1.29 is 0 Å². The molecule has 0 unspecified atom stereocenters. The van der Waals surface area contributed by atoms with Gasteiger partial charge in [-0.25, -0.2) is 0 Å². The van der Waals surface area contributed by atoms with Crippen LogP contribution in [0.4, 0.5) is 0 Å². The van der Waals surface area contributed by atoms with E-state index in [1.165, 1.54) is 7.05 Å². The first-order valence-corrected chi connectivity index (χ1v) is 4.25. The molecule has 0 spiro atoms. The minimum atomic E-state index is 0.130. The normalized spacial score (nSPS) is 6.69. The molecular formula is C10H19N3. The van der Waals surface area contributed by atoms with E-state index in [4.69, 9.17) is 11.5 Å². The van der Waals surface area contributed by atoms with Gasteiger partial charge in [-0.1, -0.05) is 50.2 Å². The Morgan fingerprint density at radius 1 is 0.846 bits per heavy atom. The zero-order valence-corrected chi connectivity index (χ0v) is 8.57. The standard InChI is InChI=1S/C6H6.C2H7N3.C2H6/c1-2-4-6-5-3-1;1-5-2(3)4;1-2/h1-6H;1H3,(H4,3,4,5);1-2H3. The summed E-state index contributed by atoms with van der Waals surface area (Å²) in [5.74, 6) is 0.130. The summed E-state index contributed by atoms with van der Waals surface area (Å²) in [7, 11) is 1.54. The molecular weight excluding hydrogens is 162 g/mol. The smallest absolute Gasteiger partial charge is 0.185 e. The van der Waals surface area contributed by atoms with Crippen LogP contribution in [-0.4, -0.2) is 13.0 Å². The van der Waals surface area contributed by atoms with Gasteiger partial charge >= 0.3 is 0 Å². The molecule has 0 saturated heterocycles. The third kappa shape index (κ3) is 18.0. The molecule has 13 heavy (non-hydrogen) atoms. The van der Waals surface area contributed by atoms with Crippen molar-refractivity contribution in [3.63, 3.8) is 0 Å². The monoisotopic (exact) mass is 181 g/mol. The number of benzene rings is 1. The number of hydrogen-bond acceptors (Lipinski definition) is 1. The largest absolute Gasteiger partial charge is 0.370 e. The van der Waals surface area contributed by atoms with Gasteiger partial charge in [0, 0.05) is 7.05 Å². The Bertz CT molecular complexity index is 164. The molecule has 74 valence electrons. The third-order valence-electron chi connectivity index (χ3n) is 0.925. The Morgan fingerprint density at radius 2 is 1.00 bits per heavy atom. The Balaban J connectivity index is 0. The highest BCUT2D eigenvalue weighted by Crippen LogP contribution is 1.79. The maximum absolute atomic E-state index is 4.82. The van der Waals surface area contributed by atoms with Crippen LogP contribution in [0.15, 0.2) is 41.4 Å². The first-order chi connectivity index (χ1) is 6.27. The van der Waals surface area contributed by atoms with E-state index in [-0.39, 0.29) is 5.96 Å². The van der Waals surface area contributed by atoms with Gasteiger partial charge in [0.25, 0.3) is 0 Å².